The second kappa shape index (κ2) is 9.76. The van der Waals surface area contributed by atoms with Gasteiger partial charge in [0.2, 0.25) is 0 Å². The summed E-state index contributed by atoms with van der Waals surface area (Å²) in [5, 5.41) is 26.5. The Hall–Kier alpha value is -4.07. The predicted molar refractivity (Wildman–Crippen MR) is 141 cm³/mol. The first-order valence-corrected chi connectivity index (χ1v) is 12.9. The number of thiazole rings is 1. The number of pyridine rings is 1. The predicted octanol–water partition coefficient (Wildman–Crippen LogP) is 6.10. The zero-order valence-corrected chi connectivity index (χ0v) is 21.0. The fourth-order valence-corrected chi connectivity index (χ4v) is 5.02. The molecule has 2 aromatic carbocycles. The van der Waals surface area contributed by atoms with Crippen LogP contribution in [0.2, 0.25) is 5.02 Å². The third-order valence-electron chi connectivity index (χ3n) is 6.23. The molecule has 11 heteroatoms. The lowest BCUT2D eigenvalue weighted by molar-refractivity contribution is 0.610. The second-order valence-corrected chi connectivity index (χ2v) is 10.2. The number of hydrogen-bond acceptors (Lipinski definition) is 8. The fraction of sp³-hybridized carbons (Fsp3) is 0.192. The lowest BCUT2D eigenvalue weighted by atomic mass is 10.0. The van der Waals surface area contributed by atoms with E-state index in [4.69, 9.17) is 11.6 Å². The van der Waals surface area contributed by atoms with Gasteiger partial charge in [-0.15, -0.1) is 16.4 Å². The van der Waals surface area contributed by atoms with Crippen LogP contribution in [-0.2, 0) is 6.54 Å². The molecule has 6 rings (SSSR count). The summed E-state index contributed by atoms with van der Waals surface area (Å²) >= 11 is 8.21. The molecule has 184 valence electrons. The molecule has 1 fully saturated rings. The Kier molecular flexibility index (Phi) is 6.16. The van der Waals surface area contributed by atoms with Crippen molar-refractivity contribution >= 4 is 45.2 Å². The number of rotatable bonds is 8. The van der Waals surface area contributed by atoms with Crippen molar-refractivity contribution in [1.82, 2.24) is 25.0 Å². The average Bonchev–Trinajstić information content (AvgIpc) is 3.40. The summed E-state index contributed by atoms with van der Waals surface area (Å²) in [7, 11) is 0. The Morgan fingerprint density at radius 1 is 1.22 bits per heavy atom. The molecule has 5 aromatic rings. The third-order valence-corrected chi connectivity index (χ3v) is 7.29. The van der Waals surface area contributed by atoms with E-state index in [0.717, 1.165) is 23.3 Å². The largest absolute Gasteiger partial charge is 0.378 e. The van der Waals surface area contributed by atoms with Gasteiger partial charge < -0.3 is 10.6 Å². The van der Waals surface area contributed by atoms with E-state index in [1.165, 1.54) is 29.7 Å². The first kappa shape index (κ1) is 23.3. The van der Waals surface area contributed by atoms with Crippen LogP contribution >= 0.6 is 22.9 Å². The highest BCUT2D eigenvalue weighted by atomic mass is 35.5. The Balaban J connectivity index is 1.40. The zero-order chi connectivity index (χ0) is 25.4. The number of aromatic nitrogens is 5. The lowest BCUT2D eigenvalue weighted by Gasteiger charge is -2.20. The minimum absolute atomic E-state index is 0.315. The highest BCUT2D eigenvalue weighted by Gasteiger charge is 2.27. The monoisotopic (exact) mass is 530 g/mol. The van der Waals surface area contributed by atoms with E-state index in [1.807, 2.05) is 16.9 Å². The summed E-state index contributed by atoms with van der Waals surface area (Å²) in [4.78, 5) is 9.58. The van der Waals surface area contributed by atoms with Crippen LogP contribution in [0, 0.1) is 17.1 Å². The van der Waals surface area contributed by atoms with Crippen LogP contribution in [0.15, 0.2) is 60.5 Å². The van der Waals surface area contributed by atoms with Crippen molar-refractivity contribution in [3.8, 4) is 6.07 Å². The van der Waals surface area contributed by atoms with Crippen molar-refractivity contribution in [1.29, 1.82) is 5.26 Å². The maximum atomic E-state index is 13.7. The minimum atomic E-state index is -0.401. The number of benzene rings is 2. The van der Waals surface area contributed by atoms with E-state index >= 15 is 0 Å². The molecule has 1 saturated carbocycles. The van der Waals surface area contributed by atoms with E-state index in [2.05, 4.69) is 37.0 Å². The van der Waals surface area contributed by atoms with Crippen LogP contribution in [0.3, 0.4) is 0 Å². The first-order chi connectivity index (χ1) is 18.1. The maximum Gasteiger partial charge on any atom is 0.123 e. The van der Waals surface area contributed by atoms with E-state index in [0.29, 0.717) is 51.1 Å². The average molecular weight is 531 g/mol. The van der Waals surface area contributed by atoms with E-state index in [-0.39, 0.29) is 5.82 Å². The topological polar surface area (TPSA) is 104 Å². The molecule has 3 heterocycles. The molecule has 0 amide bonds. The first-order valence-electron chi connectivity index (χ1n) is 11.7. The van der Waals surface area contributed by atoms with Crippen LogP contribution in [0.1, 0.15) is 46.6 Å². The fourth-order valence-electron chi connectivity index (χ4n) is 4.21. The van der Waals surface area contributed by atoms with E-state index in [9.17, 15) is 9.65 Å². The minimum Gasteiger partial charge on any atom is -0.378 e. The number of nitrogens with zero attached hydrogens (tertiary/aromatic N) is 6. The van der Waals surface area contributed by atoms with Gasteiger partial charge >= 0.3 is 0 Å². The van der Waals surface area contributed by atoms with Gasteiger partial charge in [-0.3, -0.25) is 9.97 Å². The summed E-state index contributed by atoms with van der Waals surface area (Å²) in [6.07, 6.45) is 7.41. The summed E-state index contributed by atoms with van der Waals surface area (Å²) in [6, 6.07) is 12.2. The highest BCUT2D eigenvalue weighted by Crippen LogP contribution is 2.37. The molecular weight excluding hydrogens is 511 g/mol. The molecule has 0 radical (unpaired) electrons. The van der Waals surface area contributed by atoms with Gasteiger partial charge in [0, 0.05) is 28.3 Å². The number of fused-ring (bicyclic) bond motifs is 1. The number of anilines is 2. The van der Waals surface area contributed by atoms with Gasteiger partial charge in [0.05, 0.1) is 52.1 Å². The van der Waals surface area contributed by atoms with E-state index < -0.39 is 6.04 Å². The van der Waals surface area contributed by atoms with Gasteiger partial charge in [-0.25, -0.2) is 9.07 Å². The Labute approximate surface area is 220 Å². The Morgan fingerprint density at radius 3 is 2.78 bits per heavy atom. The third kappa shape index (κ3) is 4.83. The molecule has 1 aliphatic carbocycles. The lowest BCUT2D eigenvalue weighted by Crippen LogP contribution is -2.13. The van der Waals surface area contributed by atoms with Crippen LogP contribution in [0.5, 0.6) is 0 Å². The molecule has 1 atom stereocenters. The van der Waals surface area contributed by atoms with Gasteiger partial charge in [0.1, 0.15) is 17.6 Å². The van der Waals surface area contributed by atoms with Gasteiger partial charge in [0.15, 0.2) is 0 Å². The van der Waals surface area contributed by atoms with Gasteiger partial charge in [-0.05, 0) is 42.7 Å². The van der Waals surface area contributed by atoms with Gasteiger partial charge in [-0.1, -0.05) is 28.9 Å². The molecule has 3 aromatic heterocycles. The number of nitrogens with one attached hydrogen (secondary N) is 2. The van der Waals surface area contributed by atoms with Crippen LogP contribution in [0.25, 0.3) is 10.9 Å². The van der Waals surface area contributed by atoms with Crippen molar-refractivity contribution in [2.45, 2.75) is 31.5 Å². The molecule has 2 N–H and O–H groups in total. The molecule has 8 nitrogen and oxygen atoms in total. The van der Waals surface area contributed by atoms with Crippen molar-refractivity contribution in [2.24, 2.45) is 0 Å². The maximum absolute atomic E-state index is 13.7. The molecule has 1 aliphatic rings. The number of halogens is 2. The number of hydrogen-bond donors (Lipinski definition) is 2. The van der Waals surface area contributed by atoms with Crippen molar-refractivity contribution < 1.29 is 4.39 Å². The van der Waals surface area contributed by atoms with E-state index in [1.54, 1.807) is 29.9 Å². The molecule has 0 spiro atoms. The summed E-state index contributed by atoms with van der Waals surface area (Å²) in [6.45, 7) is 0.510. The number of nitriles is 1. The van der Waals surface area contributed by atoms with Crippen LogP contribution in [-0.4, -0.2) is 25.0 Å². The molecule has 0 bridgehead atoms. The van der Waals surface area contributed by atoms with Crippen molar-refractivity contribution in [3.63, 3.8) is 0 Å². The molecule has 0 aliphatic heterocycles. The zero-order valence-electron chi connectivity index (χ0n) is 19.4. The van der Waals surface area contributed by atoms with Crippen molar-refractivity contribution in [3.05, 3.63) is 93.0 Å². The summed E-state index contributed by atoms with van der Waals surface area (Å²) < 4.78 is 15.6. The standard InChI is InChI=1S/C26H20ClFN8S/c27-22-8-18(7-21-24(16(9-29)10-31-26(21)22)32-12-20-11-30-14-37-20)33-25(15-1-3-17(28)4-2-15)23-13-36(35-34-23)19-5-6-19/h1-4,7-8,10-11,13-14,19,25,33H,5-6,12H2,(H,31,32). The van der Waals surface area contributed by atoms with Gasteiger partial charge in [-0.2, -0.15) is 5.26 Å². The molecule has 1 unspecified atom stereocenters. The Bertz CT molecular complexity index is 1610. The SMILES string of the molecule is N#Cc1cnc2c(Cl)cc(NC(c3ccc(F)cc3)c3cn(C4CC4)nn3)cc2c1NCc1cncs1. The normalized spacial score (nSPS) is 13.9. The van der Waals surface area contributed by atoms with Crippen LogP contribution in [0.4, 0.5) is 15.8 Å². The quantitative estimate of drug-likeness (QED) is 0.250. The van der Waals surface area contributed by atoms with Crippen molar-refractivity contribution in [2.75, 3.05) is 10.6 Å². The van der Waals surface area contributed by atoms with Gasteiger partial charge in [0.25, 0.3) is 0 Å². The Morgan fingerprint density at radius 2 is 2.05 bits per heavy atom. The second-order valence-electron chi connectivity index (χ2n) is 8.82. The smallest absolute Gasteiger partial charge is 0.123 e. The molecule has 37 heavy (non-hydrogen) atoms. The summed E-state index contributed by atoms with van der Waals surface area (Å²) in [5.41, 5.74) is 5.63. The summed E-state index contributed by atoms with van der Waals surface area (Å²) in [5.74, 6) is -0.315. The van der Waals surface area contributed by atoms with Crippen LogP contribution < -0.4 is 10.6 Å². The highest BCUT2D eigenvalue weighted by molar-refractivity contribution is 7.09. The molecular formula is C26H20ClFN8S. The molecule has 0 saturated heterocycles.